The molecule has 0 saturated heterocycles. The van der Waals surface area contributed by atoms with Gasteiger partial charge in [-0.15, -0.1) is 10.2 Å². The second-order valence-electron chi connectivity index (χ2n) is 5.10. The summed E-state index contributed by atoms with van der Waals surface area (Å²) in [5.74, 6) is -1.25. The predicted octanol–water partition coefficient (Wildman–Crippen LogP) is -1.07. The Morgan fingerprint density at radius 3 is 2.62 bits per heavy atom. The number of carbonyl (C=O) groups is 3. The van der Waals surface area contributed by atoms with E-state index in [1.54, 1.807) is 6.92 Å². The van der Waals surface area contributed by atoms with Gasteiger partial charge in [-0.05, 0) is 6.92 Å². The van der Waals surface area contributed by atoms with Gasteiger partial charge in [0.05, 0.1) is 32.1 Å². The molecule has 2 aromatic rings. The van der Waals surface area contributed by atoms with Crippen LogP contribution in [0, 0.1) is 0 Å². The van der Waals surface area contributed by atoms with Crippen LogP contribution in [0.4, 0.5) is 0 Å². The maximum absolute atomic E-state index is 12.0. The van der Waals surface area contributed by atoms with Gasteiger partial charge in [0.2, 0.25) is 0 Å². The fourth-order valence-electron chi connectivity index (χ4n) is 1.89. The second-order valence-corrected chi connectivity index (χ2v) is 5.10. The molecule has 2 rings (SSSR count). The fraction of sp³-hybridized carbons (Fsp3) is 0.500. The molecule has 1 N–H and O–H groups in total. The van der Waals surface area contributed by atoms with Gasteiger partial charge in [-0.3, -0.25) is 14.4 Å². The smallest absolute Gasteiger partial charge is 0.327 e. The van der Waals surface area contributed by atoms with Crippen LogP contribution >= 0.6 is 0 Å². The van der Waals surface area contributed by atoms with E-state index in [9.17, 15) is 14.4 Å². The topological polar surface area (TPSA) is 143 Å². The Morgan fingerprint density at radius 1 is 1.12 bits per heavy atom. The molecule has 0 aliphatic rings. The monoisotopic (exact) mass is 365 g/mol. The van der Waals surface area contributed by atoms with Gasteiger partial charge in [0.25, 0.3) is 5.91 Å². The minimum absolute atomic E-state index is 0.0502. The lowest BCUT2D eigenvalue weighted by Gasteiger charge is -2.01. The molecule has 2 heterocycles. The van der Waals surface area contributed by atoms with E-state index in [-0.39, 0.29) is 38.0 Å². The molecule has 0 unspecified atom stereocenters. The molecular weight excluding hydrogens is 346 g/mol. The number of hydrogen-bond donors (Lipinski definition) is 1. The van der Waals surface area contributed by atoms with Crippen LogP contribution in [0.15, 0.2) is 12.4 Å². The lowest BCUT2D eigenvalue weighted by atomic mass is 10.4. The Balaban J connectivity index is 1.80. The first-order valence-electron chi connectivity index (χ1n) is 7.84. The largest absolute Gasteiger partial charge is 0.465 e. The first kappa shape index (κ1) is 19.0. The Bertz CT molecular complexity index is 769. The van der Waals surface area contributed by atoms with Crippen LogP contribution in [0.3, 0.4) is 0 Å². The summed E-state index contributed by atoms with van der Waals surface area (Å²) in [4.78, 5) is 34.1. The van der Waals surface area contributed by atoms with Crippen LogP contribution in [0.5, 0.6) is 0 Å². The number of esters is 2. The van der Waals surface area contributed by atoms with Crippen LogP contribution in [-0.4, -0.2) is 61.0 Å². The average molecular weight is 365 g/mol. The van der Waals surface area contributed by atoms with Gasteiger partial charge in [-0.2, -0.15) is 0 Å². The van der Waals surface area contributed by atoms with Gasteiger partial charge in [-0.1, -0.05) is 10.4 Å². The highest BCUT2D eigenvalue weighted by Gasteiger charge is 2.12. The molecule has 26 heavy (non-hydrogen) atoms. The molecule has 0 atom stereocenters. The summed E-state index contributed by atoms with van der Waals surface area (Å²) in [5, 5.41) is 17.8. The van der Waals surface area contributed by atoms with Crippen LogP contribution in [0.1, 0.15) is 30.0 Å². The molecule has 12 nitrogen and oxygen atoms in total. The van der Waals surface area contributed by atoms with Crippen molar-refractivity contribution >= 4 is 17.8 Å². The summed E-state index contributed by atoms with van der Waals surface area (Å²) < 4.78 is 12.3. The fourth-order valence-corrected chi connectivity index (χ4v) is 1.89. The van der Waals surface area contributed by atoms with E-state index in [0.29, 0.717) is 12.2 Å². The zero-order valence-corrected chi connectivity index (χ0v) is 14.4. The molecule has 12 heteroatoms. The third kappa shape index (κ3) is 5.96. The molecule has 0 bridgehead atoms. The average Bonchev–Trinajstić information content (AvgIpc) is 3.22. The number of nitrogens with zero attached hydrogens (tertiary/aromatic N) is 6. The Morgan fingerprint density at radius 2 is 1.88 bits per heavy atom. The minimum Gasteiger partial charge on any atom is -0.465 e. The number of nitrogens with one attached hydrogen (secondary N) is 1. The number of hydrogen-bond acceptors (Lipinski definition) is 9. The summed E-state index contributed by atoms with van der Waals surface area (Å²) in [6.07, 6.45) is 2.98. The Hall–Kier alpha value is -3.31. The lowest BCUT2D eigenvalue weighted by Crippen LogP contribution is -2.23. The van der Waals surface area contributed by atoms with E-state index in [1.165, 1.54) is 28.7 Å². The molecule has 0 spiro atoms. The number of ether oxygens (including phenoxy) is 2. The van der Waals surface area contributed by atoms with Gasteiger partial charge >= 0.3 is 11.9 Å². The lowest BCUT2D eigenvalue weighted by molar-refractivity contribution is -0.144. The van der Waals surface area contributed by atoms with E-state index >= 15 is 0 Å². The molecule has 1 amide bonds. The summed E-state index contributed by atoms with van der Waals surface area (Å²) in [6, 6.07) is 0. The molecule has 0 fully saturated rings. The SMILES string of the molecule is CCOC(=O)Cn1cc(CNC(=O)c2cn(CCOC(C)=O)nn2)nn1. The first-order valence-corrected chi connectivity index (χ1v) is 7.84. The highest BCUT2D eigenvalue weighted by Crippen LogP contribution is 1.97. The first-order chi connectivity index (χ1) is 12.5. The number of aromatic nitrogens is 6. The van der Waals surface area contributed by atoms with Crippen molar-refractivity contribution in [1.82, 2.24) is 35.3 Å². The highest BCUT2D eigenvalue weighted by molar-refractivity contribution is 5.91. The van der Waals surface area contributed by atoms with Crippen LogP contribution < -0.4 is 5.32 Å². The van der Waals surface area contributed by atoms with Crippen molar-refractivity contribution in [2.24, 2.45) is 0 Å². The quantitative estimate of drug-likeness (QED) is 0.549. The normalized spacial score (nSPS) is 10.4. The van der Waals surface area contributed by atoms with Gasteiger partial charge in [0.15, 0.2) is 5.69 Å². The van der Waals surface area contributed by atoms with E-state index in [1.807, 2.05) is 0 Å². The number of rotatable bonds is 9. The number of amides is 1. The van der Waals surface area contributed by atoms with Crippen molar-refractivity contribution < 1.29 is 23.9 Å². The van der Waals surface area contributed by atoms with Gasteiger partial charge in [0, 0.05) is 6.92 Å². The van der Waals surface area contributed by atoms with Gasteiger partial charge in [-0.25, -0.2) is 9.36 Å². The van der Waals surface area contributed by atoms with Crippen molar-refractivity contribution in [3.8, 4) is 0 Å². The summed E-state index contributed by atoms with van der Waals surface area (Å²) >= 11 is 0. The van der Waals surface area contributed by atoms with Crippen molar-refractivity contribution in [3.63, 3.8) is 0 Å². The standard InChI is InChI=1S/C14H19N7O5/c1-3-25-13(23)9-21-7-11(16-18-21)6-15-14(24)12-8-20(19-17-12)4-5-26-10(2)22/h7-8H,3-6,9H2,1-2H3,(H,15,24). The zero-order chi connectivity index (χ0) is 18.9. The van der Waals surface area contributed by atoms with Gasteiger partial charge < -0.3 is 14.8 Å². The van der Waals surface area contributed by atoms with Gasteiger partial charge in [0.1, 0.15) is 18.8 Å². The Kier molecular flexibility index (Phi) is 6.76. The molecule has 0 radical (unpaired) electrons. The third-order valence-electron chi connectivity index (χ3n) is 3.01. The minimum atomic E-state index is -0.441. The molecule has 0 aromatic carbocycles. The molecule has 0 aliphatic heterocycles. The molecule has 2 aromatic heterocycles. The van der Waals surface area contributed by atoms with Crippen LogP contribution in [-0.2, 0) is 38.7 Å². The van der Waals surface area contributed by atoms with E-state index in [4.69, 9.17) is 9.47 Å². The zero-order valence-electron chi connectivity index (χ0n) is 14.4. The van der Waals surface area contributed by atoms with E-state index < -0.39 is 11.9 Å². The summed E-state index contributed by atoms with van der Waals surface area (Å²) in [6.45, 7) is 3.81. The summed E-state index contributed by atoms with van der Waals surface area (Å²) in [7, 11) is 0. The summed E-state index contributed by atoms with van der Waals surface area (Å²) in [5.41, 5.74) is 0.594. The Labute approximate surface area is 148 Å². The molecule has 0 aliphatic carbocycles. The molecule has 140 valence electrons. The van der Waals surface area contributed by atoms with Crippen molar-refractivity contribution in [2.45, 2.75) is 33.5 Å². The third-order valence-corrected chi connectivity index (χ3v) is 3.01. The highest BCUT2D eigenvalue weighted by atomic mass is 16.5. The molecular formula is C14H19N7O5. The second kappa shape index (κ2) is 9.25. The number of carbonyl (C=O) groups excluding carboxylic acids is 3. The maximum Gasteiger partial charge on any atom is 0.327 e. The van der Waals surface area contributed by atoms with E-state index in [2.05, 4.69) is 25.9 Å². The van der Waals surface area contributed by atoms with E-state index in [0.717, 1.165) is 0 Å². The van der Waals surface area contributed by atoms with Crippen molar-refractivity contribution in [1.29, 1.82) is 0 Å². The predicted molar refractivity (Wildman–Crippen MR) is 84.5 cm³/mol. The van der Waals surface area contributed by atoms with Crippen molar-refractivity contribution in [2.75, 3.05) is 13.2 Å². The molecule has 0 saturated carbocycles. The maximum atomic E-state index is 12.0. The van der Waals surface area contributed by atoms with Crippen LogP contribution in [0.2, 0.25) is 0 Å². The van der Waals surface area contributed by atoms with Crippen molar-refractivity contribution in [3.05, 3.63) is 23.8 Å². The van der Waals surface area contributed by atoms with Crippen LogP contribution in [0.25, 0.3) is 0 Å².